The van der Waals surface area contributed by atoms with Gasteiger partial charge < -0.3 is 4.74 Å². The first kappa shape index (κ1) is 13.3. The highest BCUT2D eigenvalue weighted by Crippen LogP contribution is 2.22. The van der Waals surface area contributed by atoms with Crippen LogP contribution in [0.4, 0.5) is 4.39 Å². The molecule has 2 rings (SSSR count). The molecule has 0 aliphatic carbocycles. The number of rotatable bonds is 4. The fourth-order valence-electron chi connectivity index (χ4n) is 1.77. The van der Waals surface area contributed by atoms with Gasteiger partial charge in [0.25, 0.3) is 0 Å². The van der Waals surface area contributed by atoms with E-state index < -0.39 is 0 Å². The molecule has 0 aliphatic heterocycles. The predicted molar refractivity (Wildman–Crippen MR) is 72.0 cm³/mol. The Morgan fingerprint density at radius 2 is 1.68 bits per heavy atom. The molecule has 19 heavy (non-hydrogen) atoms. The lowest BCUT2D eigenvalue weighted by atomic mass is 10.0. The van der Waals surface area contributed by atoms with Crippen LogP contribution in [0.15, 0.2) is 48.5 Å². The number of ketones is 1. The van der Waals surface area contributed by atoms with Crippen molar-refractivity contribution in [2.75, 3.05) is 0 Å². The molecule has 0 radical (unpaired) electrons. The fourth-order valence-corrected chi connectivity index (χ4v) is 1.77. The van der Waals surface area contributed by atoms with Crippen molar-refractivity contribution in [3.63, 3.8) is 0 Å². The molecule has 98 valence electrons. The summed E-state index contributed by atoms with van der Waals surface area (Å²) in [4.78, 5) is 12.4. The number of ether oxygens (including phenoxy) is 1. The Morgan fingerprint density at radius 3 is 2.32 bits per heavy atom. The van der Waals surface area contributed by atoms with Gasteiger partial charge in [-0.05, 0) is 50.2 Å². The average molecular weight is 258 g/mol. The summed E-state index contributed by atoms with van der Waals surface area (Å²) >= 11 is 0. The first-order valence-electron chi connectivity index (χ1n) is 6.14. The van der Waals surface area contributed by atoms with Crippen molar-refractivity contribution in [2.24, 2.45) is 0 Å². The molecule has 0 aliphatic rings. The van der Waals surface area contributed by atoms with Crippen LogP contribution in [0, 0.1) is 5.82 Å². The van der Waals surface area contributed by atoms with Crippen LogP contribution in [-0.4, -0.2) is 11.9 Å². The molecule has 3 heteroatoms. The maximum Gasteiger partial charge on any atom is 0.196 e. The maximum atomic E-state index is 12.9. The monoisotopic (exact) mass is 258 g/mol. The van der Waals surface area contributed by atoms with Crippen molar-refractivity contribution in [1.29, 1.82) is 0 Å². The molecule has 0 N–H and O–H groups in total. The Labute approximate surface area is 111 Å². The van der Waals surface area contributed by atoms with Gasteiger partial charge in [0.05, 0.1) is 11.7 Å². The minimum atomic E-state index is -0.358. The lowest BCUT2D eigenvalue weighted by molar-refractivity contribution is 0.103. The molecule has 0 heterocycles. The first-order chi connectivity index (χ1) is 9.08. The van der Waals surface area contributed by atoms with Crippen molar-refractivity contribution in [2.45, 2.75) is 20.0 Å². The highest BCUT2D eigenvalue weighted by molar-refractivity contribution is 6.10. The highest BCUT2D eigenvalue weighted by atomic mass is 19.1. The van der Waals surface area contributed by atoms with Gasteiger partial charge in [-0.1, -0.05) is 12.1 Å². The van der Waals surface area contributed by atoms with Gasteiger partial charge in [0.2, 0.25) is 0 Å². The number of hydrogen-bond donors (Lipinski definition) is 0. The second kappa shape index (κ2) is 5.65. The third-order valence-corrected chi connectivity index (χ3v) is 2.60. The Kier molecular flexibility index (Phi) is 3.95. The van der Waals surface area contributed by atoms with Crippen LogP contribution in [0.5, 0.6) is 5.75 Å². The quantitative estimate of drug-likeness (QED) is 0.779. The van der Waals surface area contributed by atoms with E-state index in [1.807, 2.05) is 19.9 Å². The molecule has 2 aromatic rings. The van der Waals surface area contributed by atoms with Gasteiger partial charge in [-0.2, -0.15) is 0 Å². The molecule has 0 saturated heterocycles. The van der Waals surface area contributed by atoms with E-state index in [0.717, 1.165) is 0 Å². The third kappa shape index (κ3) is 3.19. The Balaban J connectivity index is 2.35. The van der Waals surface area contributed by atoms with Gasteiger partial charge >= 0.3 is 0 Å². The standard InChI is InChI=1S/C16H15FO2/c1-11(2)19-15-6-4-3-5-14(15)16(18)12-7-9-13(17)10-8-12/h3-11H,1-2H3. The van der Waals surface area contributed by atoms with E-state index in [0.29, 0.717) is 16.9 Å². The van der Waals surface area contributed by atoms with E-state index in [1.165, 1.54) is 24.3 Å². The van der Waals surface area contributed by atoms with E-state index in [-0.39, 0.29) is 17.7 Å². The molecule has 0 amide bonds. The van der Waals surface area contributed by atoms with Crippen LogP contribution in [0.3, 0.4) is 0 Å². The topological polar surface area (TPSA) is 26.3 Å². The zero-order chi connectivity index (χ0) is 13.8. The van der Waals surface area contributed by atoms with E-state index >= 15 is 0 Å². The van der Waals surface area contributed by atoms with Crippen molar-refractivity contribution in [1.82, 2.24) is 0 Å². The predicted octanol–water partition coefficient (Wildman–Crippen LogP) is 3.84. The average Bonchev–Trinajstić information content (AvgIpc) is 2.39. The molecular formula is C16H15FO2. The summed E-state index contributed by atoms with van der Waals surface area (Å²) in [7, 11) is 0. The highest BCUT2D eigenvalue weighted by Gasteiger charge is 2.14. The van der Waals surface area contributed by atoms with Crippen molar-refractivity contribution in [3.8, 4) is 5.75 Å². The number of para-hydroxylation sites is 1. The van der Waals surface area contributed by atoms with E-state index in [1.54, 1.807) is 18.2 Å². The van der Waals surface area contributed by atoms with Crippen LogP contribution >= 0.6 is 0 Å². The molecule has 0 spiro atoms. The molecular weight excluding hydrogens is 243 g/mol. The number of carbonyl (C=O) groups excluding carboxylic acids is 1. The van der Waals surface area contributed by atoms with Crippen LogP contribution < -0.4 is 4.74 Å². The summed E-state index contributed by atoms with van der Waals surface area (Å²) in [6.07, 6.45) is -0.0119. The number of carbonyl (C=O) groups is 1. The van der Waals surface area contributed by atoms with Crippen LogP contribution in [-0.2, 0) is 0 Å². The molecule has 0 saturated carbocycles. The molecule has 0 atom stereocenters. The van der Waals surface area contributed by atoms with Crippen LogP contribution in [0.25, 0.3) is 0 Å². The first-order valence-corrected chi connectivity index (χ1v) is 6.14. The SMILES string of the molecule is CC(C)Oc1ccccc1C(=O)c1ccc(F)cc1. The van der Waals surface area contributed by atoms with E-state index in [4.69, 9.17) is 4.74 Å². The second-order valence-corrected chi connectivity index (χ2v) is 4.50. The number of hydrogen-bond acceptors (Lipinski definition) is 2. The Morgan fingerprint density at radius 1 is 1.05 bits per heavy atom. The summed E-state index contributed by atoms with van der Waals surface area (Å²) in [5, 5.41) is 0. The van der Waals surface area contributed by atoms with E-state index in [9.17, 15) is 9.18 Å². The normalized spacial score (nSPS) is 10.5. The number of benzene rings is 2. The maximum absolute atomic E-state index is 12.9. The number of halogens is 1. The van der Waals surface area contributed by atoms with Gasteiger partial charge in [-0.25, -0.2) is 4.39 Å². The summed E-state index contributed by atoms with van der Waals surface area (Å²) in [6, 6.07) is 12.6. The second-order valence-electron chi connectivity index (χ2n) is 4.50. The Bertz CT molecular complexity index is 574. The van der Waals surface area contributed by atoms with Crippen molar-refractivity contribution < 1.29 is 13.9 Å². The van der Waals surface area contributed by atoms with Gasteiger partial charge in [-0.3, -0.25) is 4.79 Å². The van der Waals surface area contributed by atoms with Crippen LogP contribution in [0.1, 0.15) is 29.8 Å². The minimum absolute atomic E-state index is 0.0119. The summed E-state index contributed by atoms with van der Waals surface area (Å²) in [5.41, 5.74) is 0.934. The lowest BCUT2D eigenvalue weighted by Crippen LogP contribution is -2.10. The van der Waals surface area contributed by atoms with Gasteiger partial charge in [0.15, 0.2) is 5.78 Å². The van der Waals surface area contributed by atoms with E-state index in [2.05, 4.69) is 0 Å². The smallest absolute Gasteiger partial charge is 0.196 e. The van der Waals surface area contributed by atoms with Crippen molar-refractivity contribution >= 4 is 5.78 Å². The zero-order valence-corrected chi connectivity index (χ0v) is 10.9. The molecule has 2 nitrogen and oxygen atoms in total. The Hall–Kier alpha value is -2.16. The van der Waals surface area contributed by atoms with Gasteiger partial charge in [-0.15, -0.1) is 0 Å². The third-order valence-electron chi connectivity index (χ3n) is 2.60. The fraction of sp³-hybridized carbons (Fsp3) is 0.188. The summed E-state index contributed by atoms with van der Waals surface area (Å²) < 4.78 is 18.5. The summed E-state index contributed by atoms with van der Waals surface area (Å²) in [5.74, 6) is 0.0198. The van der Waals surface area contributed by atoms with Crippen molar-refractivity contribution in [3.05, 3.63) is 65.5 Å². The summed E-state index contributed by atoms with van der Waals surface area (Å²) in [6.45, 7) is 3.80. The minimum Gasteiger partial charge on any atom is -0.490 e. The van der Waals surface area contributed by atoms with Gasteiger partial charge in [0, 0.05) is 5.56 Å². The largest absolute Gasteiger partial charge is 0.490 e. The molecule has 0 unspecified atom stereocenters. The molecule has 2 aromatic carbocycles. The molecule has 0 bridgehead atoms. The zero-order valence-electron chi connectivity index (χ0n) is 10.9. The molecule has 0 aromatic heterocycles. The molecule has 0 fully saturated rings. The van der Waals surface area contributed by atoms with Crippen LogP contribution in [0.2, 0.25) is 0 Å². The van der Waals surface area contributed by atoms with Gasteiger partial charge in [0.1, 0.15) is 11.6 Å². The lowest BCUT2D eigenvalue weighted by Gasteiger charge is -2.13.